The summed E-state index contributed by atoms with van der Waals surface area (Å²) in [6.07, 6.45) is -0.201. The van der Waals surface area contributed by atoms with Gasteiger partial charge in [-0.3, -0.25) is 4.79 Å². The molecule has 78 valence electrons. The average Bonchev–Trinajstić information content (AvgIpc) is 2.19. The highest BCUT2D eigenvalue weighted by atomic mass is 19.1. The molecule has 0 aliphatic carbocycles. The SMILES string of the molecule is N#CCNC(=O)Cc1ccc(F)cc1F. The van der Waals surface area contributed by atoms with Gasteiger partial charge in [-0.05, 0) is 11.6 Å². The molecule has 15 heavy (non-hydrogen) atoms. The fourth-order valence-corrected chi connectivity index (χ4v) is 1.04. The normalized spacial score (nSPS) is 9.40. The quantitative estimate of drug-likeness (QED) is 0.761. The van der Waals surface area contributed by atoms with E-state index in [1.165, 1.54) is 6.07 Å². The molecule has 1 rings (SSSR count). The van der Waals surface area contributed by atoms with Crippen LogP contribution in [0.4, 0.5) is 8.78 Å². The first kappa shape index (κ1) is 11.1. The van der Waals surface area contributed by atoms with Gasteiger partial charge in [0.15, 0.2) is 0 Å². The highest BCUT2D eigenvalue weighted by Crippen LogP contribution is 2.09. The Morgan fingerprint density at radius 3 is 2.80 bits per heavy atom. The fourth-order valence-electron chi connectivity index (χ4n) is 1.04. The van der Waals surface area contributed by atoms with Crippen molar-refractivity contribution in [1.82, 2.24) is 5.32 Å². The van der Waals surface area contributed by atoms with Crippen molar-refractivity contribution in [1.29, 1.82) is 5.26 Å². The number of hydrogen-bond acceptors (Lipinski definition) is 2. The maximum atomic E-state index is 13.0. The number of halogens is 2. The zero-order valence-corrected chi connectivity index (χ0v) is 7.76. The minimum atomic E-state index is -0.762. The maximum absolute atomic E-state index is 13.0. The second-order valence-electron chi connectivity index (χ2n) is 2.85. The van der Waals surface area contributed by atoms with Gasteiger partial charge in [-0.1, -0.05) is 6.07 Å². The summed E-state index contributed by atoms with van der Waals surface area (Å²) in [5, 5.41) is 10.4. The minimum Gasteiger partial charge on any atom is -0.343 e. The zero-order valence-electron chi connectivity index (χ0n) is 7.76. The molecule has 0 unspecified atom stereocenters. The van der Waals surface area contributed by atoms with E-state index in [-0.39, 0.29) is 18.5 Å². The van der Waals surface area contributed by atoms with E-state index in [2.05, 4.69) is 5.32 Å². The molecule has 0 saturated heterocycles. The van der Waals surface area contributed by atoms with Gasteiger partial charge in [0.25, 0.3) is 0 Å². The fraction of sp³-hybridized carbons (Fsp3) is 0.200. The lowest BCUT2D eigenvalue weighted by Gasteiger charge is -2.02. The van der Waals surface area contributed by atoms with Crippen LogP contribution in [0.3, 0.4) is 0 Å². The van der Waals surface area contributed by atoms with Crippen LogP contribution in [-0.2, 0) is 11.2 Å². The highest BCUT2D eigenvalue weighted by Gasteiger charge is 2.08. The summed E-state index contributed by atoms with van der Waals surface area (Å²) in [6, 6.07) is 4.72. The van der Waals surface area contributed by atoms with E-state index in [9.17, 15) is 13.6 Å². The summed E-state index contributed by atoms with van der Waals surface area (Å²) in [7, 11) is 0. The zero-order chi connectivity index (χ0) is 11.3. The minimum absolute atomic E-state index is 0.104. The van der Waals surface area contributed by atoms with Crippen LogP contribution in [0.15, 0.2) is 18.2 Å². The average molecular weight is 210 g/mol. The number of benzene rings is 1. The molecule has 0 spiro atoms. The Bertz CT molecular complexity index is 412. The van der Waals surface area contributed by atoms with E-state index in [1.54, 1.807) is 6.07 Å². The molecule has 0 radical (unpaired) electrons. The topological polar surface area (TPSA) is 52.9 Å². The van der Waals surface area contributed by atoms with Crippen LogP contribution >= 0.6 is 0 Å². The summed E-state index contributed by atoms with van der Waals surface area (Å²) in [4.78, 5) is 11.1. The van der Waals surface area contributed by atoms with Gasteiger partial charge in [-0.15, -0.1) is 0 Å². The van der Waals surface area contributed by atoms with Crippen molar-refractivity contribution in [2.75, 3.05) is 6.54 Å². The lowest BCUT2D eigenvalue weighted by molar-refractivity contribution is -0.120. The molecule has 3 nitrogen and oxygen atoms in total. The number of carbonyl (C=O) groups excluding carboxylic acids is 1. The van der Waals surface area contributed by atoms with Gasteiger partial charge in [0.1, 0.15) is 18.2 Å². The Morgan fingerprint density at radius 1 is 1.47 bits per heavy atom. The van der Waals surface area contributed by atoms with Crippen molar-refractivity contribution in [3.05, 3.63) is 35.4 Å². The van der Waals surface area contributed by atoms with Gasteiger partial charge >= 0.3 is 0 Å². The van der Waals surface area contributed by atoms with Crippen LogP contribution in [-0.4, -0.2) is 12.5 Å². The molecule has 0 bridgehead atoms. The summed E-state index contributed by atoms with van der Waals surface area (Å²) >= 11 is 0. The van der Waals surface area contributed by atoms with E-state index in [1.807, 2.05) is 0 Å². The van der Waals surface area contributed by atoms with Gasteiger partial charge in [0.05, 0.1) is 12.5 Å². The van der Waals surface area contributed by atoms with Crippen molar-refractivity contribution in [3.63, 3.8) is 0 Å². The number of carbonyl (C=O) groups is 1. The Hall–Kier alpha value is -1.96. The summed E-state index contributed by atoms with van der Waals surface area (Å²) in [5.41, 5.74) is 0.104. The van der Waals surface area contributed by atoms with Crippen molar-refractivity contribution in [2.24, 2.45) is 0 Å². The van der Waals surface area contributed by atoms with E-state index in [0.29, 0.717) is 6.07 Å². The molecule has 0 aromatic heterocycles. The lowest BCUT2D eigenvalue weighted by atomic mass is 10.1. The molecule has 1 aromatic rings. The molecular formula is C10H8F2N2O. The molecule has 1 aromatic carbocycles. The molecule has 0 saturated carbocycles. The molecule has 0 fully saturated rings. The monoisotopic (exact) mass is 210 g/mol. The molecule has 1 amide bonds. The van der Waals surface area contributed by atoms with Crippen LogP contribution in [0, 0.1) is 23.0 Å². The van der Waals surface area contributed by atoms with Crippen LogP contribution in [0.5, 0.6) is 0 Å². The Kier molecular flexibility index (Phi) is 3.75. The molecule has 5 heteroatoms. The standard InChI is InChI=1S/C10H8F2N2O/c11-8-2-1-7(9(12)6-8)5-10(15)14-4-3-13/h1-2,6H,4-5H2,(H,14,15). The van der Waals surface area contributed by atoms with Gasteiger partial charge in [0, 0.05) is 6.07 Å². The molecule has 0 heterocycles. The number of nitrogens with zero attached hydrogens (tertiary/aromatic N) is 1. The lowest BCUT2D eigenvalue weighted by Crippen LogP contribution is -2.25. The first-order valence-corrected chi connectivity index (χ1v) is 4.21. The van der Waals surface area contributed by atoms with Crippen molar-refractivity contribution >= 4 is 5.91 Å². The van der Waals surface area contributed by atoms with E-state index in [4.69, 9.17) is 5.26 Å². The van der Waals surface area contributed by atoms with Crippen LogP contribution in [0.1, 0.15) is 5.56 Å². The number of nitriles is 1. The second kappa shape index (κ2) is 5.05. The highest BCUT2D eigenvalue weighted by molar-refractivity contribution is 5.78. The number of rotatable bonds is 3. The maximum Gasteiger partial charge on any atom is 0.225 e. The Balaban J connectivity index is 2.65. The summed E-state index contributed by atoms with van der Waals surface area (Å²) in [6.45, 7) is -0.123. The van der Waals surface area contributed by atoms with Crippen LogP contribution in [0.2, 0.25) is 0 Å². The first-order chi connectivity index (χ1) is 7.13. The van der Waals surface area contributed by atoms with Gasteiger partial charge in [-0.2, -0.15) is 5.26 Å². The number of hydrogen-bond donors (Lipinski definition) is 1. The third kappa shape index (κ3) is 3.35. The summed E-state index contributed by atoms with van der Waals surface area (Å²) in [5.74, 6) is -1.92. The van der Waals surface area contributed by atoms with Crippen LogP contribution in [0.25, 0.3) is 0 Å². The Labute approximate surface area is 85.3 Å². The largest absolute Gasteiger partial charge is 0.343 e. The summed E-state index contributed by atoms with van der Waals surface area (Å²) < 4.78 is 25.6. The van der Waals surface area contributed by atoms with Gasteiger partial charge in [0.2, 0.25) is 5.91 Å². The van der Waals surface area contributed by atoms with Crippen molar-refractivity contribution in [2.45, 2.75) is 6.42 Å². The third-order valence-electron chi connectivity index (χ3n) is 1.73. The third-order valence-corrected chi connectivity index (χ3v) is 1.73. The first-order valence-electron chi connectivity index (χ1n) is 4.21. The predicted octanol–water partition coefficient (Wildman–Crippen LogP) is 1.15. The van der Waals surface area contributed by atoms with Crippen molar-refractivity contribution < 1.29 is 13.6 Å². The Morgan fingerprint density at radius 2 is 2.20 bits per heavy atom. The number of nitrogens with one attached hydrogen (secondary N) is 1. The number of amides is 1. The second-order valence-corrected chi connectivity index (χ2v) is 2.85. The molecule has 0 aliphatic rings. The van der Waals surface area contributed by atoms with E-state index < -0.39 is 17.5 Å². The van der Waals surface area contributed by atoms with Gasteiger partial charge < -0.3 is 5.32 Å². The smallest absolute Gasteiger partial charge is 0.225 e. The van der Waals surface area contributed by atoms with Crippen molar-refractivity contribution in [3.8, 4) is 6.07 Å². The van der Waals surface area contributed by atoms with Gasteiger partial charge in [-0.25, -0.2) is 8.78 Å². The molecule has 0 atom stereocenters. The molecular weight excluding hydrogens is 202 g/mol. The van der Waals surface area contributed by atoms with Crippen LogP contribution < -0.4 is 5.32 Å². The van der Waals surface area contributed by atoms with E-state index in [0.717, 1.165) is 6.07 Å². The molecule has 0 aliphatic heterocycles. The predicted molar refractivity (Wildman–Crippen MR) is 48.7 cm³/mol. The molecule has 1 N–H and O–H groups in total. The van der Waals surface area contributed by atoms with E-state index >= 15 is 0 Å².